The molecule has 1 aliphatic rings. The smallest absolute Gasteiger partial charge is 0.330 e. The van der Waals surface area contributed by atoms with Crippen molar-refractivity contribution >= 4 is 0 Å². The molecule has 0 amide bonds. The summed E-state index contributed by atoms with van der Waals surface area (Å²) in [6.07, 6.45) is -4.52. The first kappa shape index (κ1) is 13.9. The molecule has 19 heavy (non-hydrogen) atoms. The Labute approximate surface area is 107 Å². The van der Waals surface area contributed by atoms with Gasteiger partial charge in [-0.2, -0.15) is 0 Å². The highest BCUT2D eigenvalue weighted by atomic mass is 19.1. The fourth-order valence-electron chi connectivity index (χ4n) is 2.16. The number of ether oxygens (including phenoxy) is 1. The van der Waals surface area contributed by atoms with Gasteiger partial charge in [0.05, 0.1) is 12.2 Å². The third kappa shape index (κ3) is 2.11. The molecule has 2 N–H and O–H groups in total. The van der Waals surface area contributed by atoms with Crippen LogP contribution in [0.5, 0.6) is 0 Å². The summed E-state index contributed by atoms with van der Waals surface area (Å²) in [5, 5.41) is 18.5. The number of aliphatic hydroxyl groups is 2. The minimum absolute atomic E-state index is 0.0629. The Kier molecular flexibility index (Phi) is 3.57. The molecule has 106 valence electrons. The van der Waals surface area contributed by atoms with E-state index in [0.29, 0.717) is 0 Å². The van der Waals surface area contributed by atoms with Gasteiger partial charge in [-0.15, -0.1) is 0 Å². The number of hydrogen-bond donors (Lipinski definition) is 2. The molecule has 1 aliphatic heterocycles. The van der Waals surface area contributed by atoms with Crippen molar-refractivity contribution in [2.75, 3.05) is 6.61 Å². The number of aryl methyl sites for hydroxylation is 1. The maximum absolute atomic E-state index is 13.9. The summed E-state index contributed by atoms with van der Waals surface area (Å²) in [4.78, 5) is 23.5. The molecule has 1 fully saturated rings. The van der Waals surface area contributed by atoms with Crippen molar-refractivity contribution in [1.82, 2.24) is 9.13 Å². The number of aliphatic hydroxyl groups excluding tert-OH is 2. The summed E-state index contributed by atoms with van der Waals surface area (Å²) in [7, 11) is 2.70. The Morgan fingerprint density at radius 3 is 2.58 bits per heavy atom. The normalized spacial score (nSPS) is 30.8. The van der Waals surface area contributed by atoms with E-state index in [-0.39, 0.29) is 5.56 Å². The van der Waals surface area contributed by atoms with Gasteiger partial charge in [0.15, 0.2) is 6.17 Å². The lowest BCUT2D eigenvalue weighted by molar-refractivity contribution is -0.0232. The number of rotatable bonds is 2. The zero-order valence-electron chi connectivity index (χ0n) is 10.5. The fourth-order valence-corrected chi connectivity index (χ4v) is 2.16. The largest absolute Gasteiger partial charge is 0.394 e. The van der Waals surface area contributed by atoms with Crippen LogP contribution in [0.2, 0.25) is 0 Å². The summed E-state index contributed by atoms with van der Waals surface area (Å²) in [6, 6.07) is 0. The Hall–Kier alpha value is -1.51. The third-order valence-electron chi connectivity index (χ3n) is 3.28. The van der Waals surface area contributed by atoms with Crippen LogP contribution < -0.4 is 11.2 Å². The van der Waals surface area contributed by atoms with E-state index in [1.165, 1.54) is 20.3 Å². The fraction of sp³-hybridized carbons (Fsp3) is 0.636. The molecule has 0 bridgehead atoms. The predicted molar refractivity (Wildman–Crippen MR) is 62.5 cm³/mol. The molecule has 0 aliphatic carbocycles. The highest BCUT2D eigenvalue weighted by Gasteiger charge is 2.45. The number of alkyl halides is 1. The van der Waals surface area contributed by atoms with Crippen LogP contribution in [-0.4, -0.2) is 44.3 Å². The monoisotopic (exact) mass is 274 g/mol. The summed E-state index contributed by atoms with van der Waals surface area (Å²) < 4.78 is 21.0. The number of aromatic nitrogens is 2. The molecular formula is C11H15FN2O5. The van der Waals surface area contributed by atoms with Crippen molar-refractivity contribution in [3.05, 3.63) is 32.6 Å². The molecule has 0 saturated carbocycles. The molecule has 1 saturated heterocycles. The lowest BCUT2D eigenvalue weighted by Crippen LogP contribution is -2.40. The zero-order chi connectivity index (χ0) is 14.3. The van der Waals surface area contributed by atoms with Crippen LogP contribution in [-0.2, 0) is 18.8 Å². The Morgan fingerprint density at radius 2 is 2.05 bits per heavy atom. The van der Waals surface area contributed by atoms with Gasteiger partial charge in [-0.1, -0.05) is 0 Å². The highest BCUT2D eigenvalue weighted by molar-refractivity contribution is 5.15. The van der Waals surface area contributed by atoms with Gasteiger partial charge in [0.25, 0.3) is 5.56 Å². The lowest BCUT2D eigenvalue weighted by atomic mass is 10.1. The molecule has 0 radical (unpaired) electrons. The van der Waals surface area contributed by atoms with Crippen LogP contribution in [0.3, 0.4) is 0 Å². The number of hydrogen-bond acceptors (Lipinski definition) is 5. The van der Waals surface area contributed by atoms with Crippen LogP contribution in [0.15, 0.2) is 15.8 Å². The topological polar surface area (TPSA) is 93.7 Å². The van der Waals surface area contributed by atoms with Gasteiger partial charge in [0.2, 0.25) is 0 Å². The SMILES string of the molecule is Cn1cc([C@@H]2O[C@H](CO)C(O)[C@@H]2F)c(=O)n(C)c1=O. The first-order chi connectivity index (χ1) is 8.88. The van der Waals surface area contributed by atoms with E-state index in [1.807, 2.05) is 0 Å². The molecule has 2 rings (SSSR count). The van der Waals surface area contributed by atoms with E-state index in [1.54, 1.807) is 0 Å². The van der Waals surface area contributed by atoms with Crippen molar-refractivity contribution in [1.29, 1.82) is 0 Å². The van der Waals surface area contributed by atoms with Crippen molar-refractivity contribution in [2.45, 2.75) is 24.5 Å². The van der Waals surface area contributed by atoms with Gasteiger partial charge in [-0.25, -0.2) is 9.18 Å². The lowest BCUT2D eigenvalue weighted by Gasteiger charge is -2.14. The number of halogens is 1. The molecular weight excluding hydrogens is 259 g/mol. The summed E-state index contributed by atoms with van der Waals surface area (Å²) in [6.45, 7) is -0.551. The molecule has 0 aromatic carbocycles. The van der Waals surface area contributed by atoms with Gasteiger partial charge in [0.1, 0.15) is 18.3 Å². The maximum atomic E-state index is 13.9. The van der Waals surface area contributed by atoms with E-state index < -0.39 is 42.3 Å². The van der Waals surface area contributed by atoms with E-state index in [4.69, 9.17) is 9.84 Å². The van der Waals surface area contributed by atoms with Crippen LogP contribution >= 0.6 is 0 Å². The second kappa shape index (κ2) is 4.87. The second-order valence-electron chi connectivity index (χ2n) is 4.55. The van der Waals surface area contributed by atoms with Crippen LogP contribution in [0.4, 0.5) is 4.39 Å². The van der Waals surface area contributed by atoms with Crippen molar-refractivity contribution in [3.63, 3.8) is 0 Å². The minimum atomic E-state index is -1.83. The molecule has 7 nitrogen and oxygen atoms in total. The van der Waals surface area contributed by atoms with Crippen molar-refractivity contribution < 1.29 is 19.3 Å². The Balaban J connectivity index is 2.50. The highest BCUT2D eigenvalue weighted by Crippen LogP contribution is 2.33. The molecule has 8 heteroatoms. The standard InChI is InChI=1S/C11H15FN2O5/c1-13-3-5(10(17)14(2)11(13)18)9-7(12)8(16)6(4-15)19-9/h3,6-9,15-16H,4H2,1-2H3/t6-,7+,8?,9+/m1/s1. The first-order valence-electron chi connectivity index (χ1n) is 5.73. The number of nitrogens with zero attached hydrogens (tertiary/aromatic N) is 2. The molecule has 4 atom stereocenters. The average molecular weight is 274 g/mol. The average Bonchev–Trinajstić information content (AvgIpc) is 2.68. The summed E-state index contributed by atoms with van der Waals surface area (Å²) in [5.41, 5.74) is -1.28. The van der Waals surface area contributed by atoms with Crippen LogP contribution in [0, 0.1) is 0 Å². The van der Waals surface area contributed by atoms with E-state index in [9.17, 15) is 19.1 Å². The summed E-state index contributed by atoms with van der Waals surface area (Å²) >= 11 is 0. The van der Waals surface area contributed by atoms with E-state index in [0.717, 1.165) is 9.13 Å². The van der Waals surface area contributed by atoms with E-state index in [2.05, 4.69) is 0 Å². The van der Waals surface area contributed by atoms with Gasteiger partial charge in [-0.05, 0) is 0 Å². The van der Waals surface area contributed by atoms with Crippen molar-refractivity contribution in [3.8, 4) is 0 Å². The van der Waals surface area contributed by atoms with Gasteiger partial charge in [-0.3, -0.25) is 9.36 Å². The minimum Gasteiger partial charge on any atom is -0.394 e. The zero-order valence-corrected chi connectivity index (χ0v) is 10.5. The van der Waals surface area contributed by atoms with Crippen LogP contribution in [0.25, 0.3) is 0 Å². The van der Waals surface area contributed by atoms with Gasteiger partial charge in [0, 0.05) is 20.3 Å². The first-order valence-corrected chi connectivity index (χ1v) is 5.73. The quantitative estimate of drug-likeness (QED) is 0.664. The van der Waals surface area contributed by atoms with Gasteiger partial charge < -0.3 is 19.5 Å². The van der Waals surface area contributed by atoms with E-state index >= 15 is 0 Å². The molecule has 1 aromatic heterocycles. The Bertz CT molecular complexity index is 596. The second-order valence-corrected chi connectivity index (χ2v) is 4.55. The third-order valence-corrected chi connectivity index (χ3v) is 3.28. The molecule has 1 unspecified atom stereocenters. The predicted octanol–water partition coefficient (Wildman–Crippen LogP) is -1.78. The molecule has 2 heterocycles. The maximum Gasteiger partial charge on any atom is 0.330 e. The summed E-state index contributed by atoms with van der Waals surface area (Å²) in [5.74, 6) is 0. The molecule has 0 spiro atoms. The Morgan fingerprint density at radius 1 is 1.42 bits per heavy atom. The molecule has 1 aromatic rings. The van der Waals surface area contributed by atoms with Gasteiger partial charge >= 0.3 is 5.69 Å². The van der Waals surface area contributed by atoms with Crippen molar-refractivity contribution in [2.24, 2.45) is 14.1 Å². The van der Waals surface area contributed by atoms with Crippen LogP contribution in [0.1, 0.15) is 11.7 Å².